The zero-order valence-electron chi connectivity index (χ0n) is 11.2. The number of hydrogen-bond donors (Lipinski definition) is 2. The van der Waals surface area contributed by atoms with Crippen LogP contribution in [0.1, 0.15) is 32.3 Å². The van der Waals surface area contributed by atoms with Gasteiger partial charge in [0, 0.05) is 29.7 Å². The van der Waals surface area contributed by atoms with E-state index in [2.05, 4.69) is 41.1 Å². The van der Waals surface area contributed by atoms with Crippen LogP contribution >= 0.6 is 11.8 Å². The quantitative estimate of drug-likeness (QED) is 0.643. The lowest BCUT2D eigenvalue weighted by Gasteiger charge is -2.33. The van der Waals surface area contributed by atoms with Crippen molar-refractivity contribution in [2.24, 2.45) is 5.84 Å². The number of thioether (sulfide) groups is 1. The number of hydrazine groups is 1. The number of nitrogen functional groups attached to an aromatic ring is 1. The van der Waals surface area contributed by atoms with Crippen molar-refractivity contribution in [3.8, 4) is 0 Å². The number of hydrogen-bond acceptors (Lipinski definition) is 6. The first-order valence-corrected chi connectivity index (χ1v) is 7.36. The van der Waals surface area contributed by atoms with Gasteiger partial charge in [-0.25, -0.2) is 15.8 Å². The summed E-state index contributed by atoms with van der Waals surface area (Å²) in [4.78, 5) is 11.0. The number of nitrogens with two attached hydrogens (primary N) is 1. The summed E-state index contributed by atoms with van der Waals surface area (Å²) in [6, 6.07) is 0. The second-order valence-corrected chi connectivity index (χ2v) is 6.43. The van der Waals surface area contributed by atoms with Crippen molar-refractivity contribution >= 4 is 23.4 Å². The van der Waals surface area contributed by atoms with Crippen LogP contribution in [0.5, 0.6) is 0 Å². The van der Waals surface area contributed by atoms with E-state index in [-0.39, 0.29) is 0 Å². The second-order valence-electron chi connectivity index (χ2n) is 4.89. The molecule has 1 atom stereocenters. The predicted molar refractivity (Wildman–Crippen MR) is 78.1 cm³/mol. The van der Waals surface area contributed by atoms with Crippen LogP contribution in [0.15, 0.2) is 6.33 Å². The molecule has 0 amide bonds. The van der Waals surface area contributed by atoms with Crippen molar-refractivity contribution in [1.29, 1.82) is 0 Å². The lowest BCUT2D eigenvalue weighted by molar-refractivity contribution is 0.745. The molecule has 0 bridgehead atoms. The van der Waals surface area contributed by atoms with Crippen LogP contribution in [0.2, 0.25) is 0 Å². The minimum Gasteiger partial charge on any atom is -0.354 e. The Bertz CT molecular complexity index is 409. The minimum absolute atomic E-state index is 0.345. The average molecular weight is 267 g/mol. The van der Waals surface area contributed by atoms with E-state index in [1.807, 2.05) is 11.8 Å². The molecule has 0 radical (unpaired) electrons. The maximum Gasteiger partial charge on any atom is 0.148 e. The molecule has 1 aliphatic heterocycles. The Morgan fingerprint density at radius 2 is 2.28 bits per heavy atom. The summed E-state index contributed by atoms with van der Waals surface area (Å²) >= 11 is 2.02. The van der Waals surface area contributed by atoms with E-state index >= 15 is 0 Å². The normalized spacial score (nSPS) is 20.3. The number of rotatable bonds is 3. The predicted octanol–water partition coefficient (Wildman–Crippen LogP) is 1.83. The zero-order valence-corrected chi connectivity index (χ0v) is 12.0. The smallest absolute Gasteiger partial charge is 0.148 e. The molecule has 6 heteroatoms. The molecule has 0 saturated carbocycles. The first-order chi connectivity index (χ1) is 8.63. The molecule has 18 heavy (non-hydrogen) atoms. The van der Waals surface area contributed by atoms with Crippen molar-refractivity contribution in [3.05, 3.63) is 11.9 Å². The van der Waals surface area contributed by atoms with Crippen LogP contribution in [-0.4, -0.2) is 34.1 Å². The highest BCUT2D eigenvalue weighted by atomic mass is 32.2. The maximum absolute atomic E-state index is 5.55. The summed E-state index contributed by atoms with van der Waals surface area (Å²) in [6.45, 7) is 8.62. The first kappa shape index (κ1) is 13.4. The standard InChI is InChI=1S/C12H21N5S/c1-8(2)10-11(16-13)14-7-15-12(10)17-4-5-18-9(3)6-17/h7-9H,4-6,13H2,1-3H3,(H,14,15,16). The van der Waals surface area contributed by atoms with Gasteiger partial charge in [-0.3, -0.25) is 0 Å². The highest BCUT2D eigenvalue weighted by molar-refractivity contribution is 8.00. The highest BCUT2D eigenvalue weighted by Crippen LogP contribution is 2.32. The fourth-order valence-electron chi connectivity index (χ4n) is 2.30. The van der Waals surface area contributed by atoms with Gasteiger partial charge >= 0.3 is 0 Å². The Balaban J connectivity index is 2.36. The topological polar surface area (TPSA) is 67.1 Å². The van der Waals surface area contributed by atoms with Gasteiger partial charge in [0.25, 0.3) is 0 Å². The third kappa shape index (κ3) is 2.70. The van der Waals surface area contributed by atoms with Crippen LogP contribution in [0.25, 0.3) is 0 Å². The Morgan fingerprint density at radius 1 is 1.50 bits per heavy atom. The molecule has 0 aliphatic carbocycles. The Hall–Kier alpha value is -1.01. The van der Waals surface area contributed by atoms with Crippen molar-refractivity contribution in [2.75, 3.05) is 29.2 Å². The number of nitrogens with zero attached hydrogens (tertiary/aromatic N) is 3. The molecule has 5 nitrogen and oxygen atoms in total. The van der Waals surface area contributed by atoms with E-state index in [0.717, 1.165) is 36.0 Å². The third-order valence-electron chi connectivity index (χ3n) is 3.12. The summed E-state index contributed by atoms with van der Waals surface area (Å²) in [6.07, 6.45) is 1.59. The Labute approximate surface area is 113 Å². The number of aromatic nitrogens is 2. The van der Waals surface area contributed by atoms with E-state index in [4.69, 9.17) is 5.84 Å². The van der Waals surface area contributed by atoms with Crippen LogP contribution in [0, 0.1) is 0 Å². The second kappa shape index (κ2) is 5.75. The summed E-state index contributed by atoms with van der Waals surface area (Å²) in [5.41, 5.74) is 3.79. The van der Waals surface area contributed by atoms with E-state index in [1.54, 1.807) is 6.33 Å². The minimum atomic E-state index is 0.345. The zero-order chi connectivity index (χ0) is 13.1. The van der Waals surface area contributed by atoms with Gasteiger partial charge in [-0.1, -0.05) is 20.8 Å². The van der Waals surface area contributed by atoms with Crippen molar-refractivity contribution in [2.45, 2.75) is 31.9 Å². The molecule has 2 rings (SSSR count). The fraction of sp³-hybridized carbons (Fsp3) is 0.667. The molecule has 1 aliphatic rings. The summed E-state index contributed by atoms with van der Waals surface area (Å²) < 4.78 is 0. The van der Waals surface area contributed by atoms with Crippen LogP contribution in [0.4, 0.5) is 11.6 Å². The van der Waals surface area contributed by atoms with Gasteiger partial charge < -0.3 is 10.3 Å². The summed E-state index contributed by atoms with van der Waals surface area (Å²) in [5.74, 6) is 8.81. The fourth-order valence-corrected chi connectivity index (χ4v) is 3.31. The molecule has 2 heterocycles. The number of anilines is 2. The molecular formula is C12H21N5S. The van der Waals surface area contributed by atoms with E-state index < -0.39 is 0 Å². The monoisotopic (exact) mass is 267 g/mol. The SMILES string of the molecule is CC1CN(c2ncnc(NN)c2C(C)C)CCS1. The molecule has 1 saturated heterocycles. The van der Waals surface area contributed by atoms with Gasteiger partial charge in [0.2, 0.25) is 0 Å². The third-order valence-corrected chi connectivity index (χ3v) is 4.25. The Morgan fingerprint density at radius 3 is 2.89 bits per heavy atom. The van der Waals surface area contributed by atoms with E-state index in [1.165, 1.54) is 0 Å². The molecule has 3 N–H and O–H groups in total. The number of nitrogens with one attached hydrogen (secondary N) is 1. The summed E-state index contributed by atoms with van der Waals surface area (Å²) in [7, 11) is 0. The molecule has 1 fully saturated rings. The Kier molecular flexibility index (Phi) is 4.29. The van der Waals surface area contributed by atoms with Gasteiger partial charge in [-0.05, 0) is 5.92 Å². The maximum atomic E-state index is 5.55. The first-order valence-electron chi connectivity index (χ1n) is 6.31. The van der Waals surface area contributed by atoms with Gasteiger partial charge in [-0.2, -0.15) is 11.8 Å². The van der Waals surface area contributed by atoms with Gasteiger partial charge in [0.15, 0.2) is 0 Å². The van der Waals surface area contributed by atoms with E-state index in [9.17, 15) is 0 Å². The molecule has 1 aromatic rings. The van der Waals surface area contributed by atoms with E-state index in [0.29, 0.717) is 11.2 Å². The van der Waals surface area contributed by atoms with Gasteiger partial charge in [0.1, 0.15) is 18.0 Å². The van der Waals surface area contributed by atoms with Gasteiger partial charge in [0.05, 0.1) is 0 Å². The molecule has 0 aromatic carbocycles. The van der Waals surface area contributed by atoms with Gasteiger partial charge in [-0.15, -0.1) is 0 Å². The van der Waals surface area contributed by atoms with Crippen molar-refractivity contribution < 1.29 is 0 Å². The molecule has 100 valence electrons. The molecule has 0 spiro atoms. The summed E-state index contributed by atoms with van der Waals surface area (Å²) in [5, 5.41) is 0.642. The van der Waals surface area contributed by atoms with Crippen molar-refractivity contribution in [3.63, 3.8) is 0 Å². The molecule has 1 unspecified atom stereocenters. The highest BCUT2D eigenvalue weighted by Gasteiger charge is 2.23. The lowest BCUT2D eigenvalue weighted by atomic mass is 10.0. The van der Waals surface area contributed by atoms with Crippen molar-refractivity contribution in [1.82, 2.24) is 9.97 Å². The average Bonchev–Trinajstić information content (AvgIpc) is 2.37. The van der Waals surface area contributed by atoms with Crippen LogP contribution in [-0.2, 0) is 0 Å². The largest absolute Gasteiger partial charge is 0.354 e. The van der Waals surface area contributed by atoms with Crippen LogP contribution in [0.3, 0.4) is 0 Å². The molecular weight excluding hydrogens is 246 g/mol. The molecule has 1 aromatic heterocycles. The van der Waals surface area contributed by atoms with Crippen LogP contribution < -0.4 is 16.2 Å². The lowest BCUT2D eigenvalue weighted by Crippen LogP contribution is -2.38.